The summed E-state index contributed by atoms with van der Waals surface area (Å²) >= 11 is 3.93. The summed E-state index contributed by atoms with van der Waals surface area (Å²) in [6.07, 6.45) is -2.30. The molecule has 3 heteroatoms. The third-order valence-corrected chi connectivity index (χ3v) is 0.378. The minimum absolute atomic E-state index is 0.444. The van der Waals surface area contributed by atoms with Crippen LogP contribution < -0.4 is 0 Å². The van der Waals surface area contributed by atoms with Gasteiger partial charge in [0.25, 0.3) is 0 Å². The zero-order valence-corrected chi connectivity index (χ0v) is 3.27. The Kier molecular flexibility index (Phi) is 2.55. The molecule has 0 aromatic carbocycles. The van der Waals surface area contributed by atoms with Crippen LogP contribution in [0.5, 0.6) is 0 Å². The molecular weight excluding hydrogens is 94.1 g/mol. The van der Waals surface area contributed by atoms with Crippen LogP contribution in [0.15, 0.2) is 0 Å². The molecule has 0 aliphatic heterocycles. The number of rotatable bonds is 1. The largest absolute Gasteiger partial charge is 0.248 e. The Bertz CT molecular complexity index is 21.6. The van der Waals surface area contributed by atoms with E-state index in [9.17, 15) is 8.78 Å². The number of halogens is 2. The molecule has 0 spiro atoms. The van der Waals surface area contributed by atoms with Crippen LogP contribution in [0.3, 0.4) is 0 Å². The van der Waals surface area contributed by atoms with Gasteiger partial charge < -0.3 is 0 Å². The molecule has 0 bridgehead atoms. The second kappa shape index (κ2) is 2.45. The predicted molar refractivity (Wildman–Crippen MR) is 18.5 cm³/mol. The first-order valence-corrected chi connectivity index (χ1v) is 1.71. The SMILES string of the molecule is FC(F)C[S]. The van der Waals surface area contributed by atoms with Gasteiger partial charge in [0.2, 0.25) is 6.43 Å². The van der Waals surface area contributed by atoms with Crippen LogP contribution in [-0.2, 0) is 0 Å². The lowest BCUT2D eigenvalue weighted by Gasteiger charge is -1.80. The van der Waals surface area contributed by atoms with Gasteiger partial charge in [0.15, 0.2) is 0 Å². The molecule has 0 nitrogen and oxygen atoms in total. The number of alkyl halides is 2. The first-order chi connectivity index (χ1) is 2.27. The average molecular weight is 97.1 g/mol. The summed E-state index contributed by atoms with van der Waals surface area (Å²) in [6.45, 7) is 0. The van der Waals surface area contributed by atoms with Gasteiger partial charge in [-0.15, -0.1) is 0 Å². The van der Waals surface area contributed by atoms with Crippen molar-refractivity contribution in [3.63, 3.8) is 0 Å². The molecule has 0 aliphatic rings. The minimum atomic E-state index is -2.30. The van der Waals surface area contributed by atoms with Crippen LogP contribution in [0.25, 0.3) is 0 Å². The van der Waals surface area contributed by atoms with E-state index in [2.05, 4.69) is 12.6 Å². The first-order valence-electron chi connectivity index (χ1n) is 1.13. The maximum Gasteiger partial charge on any atom is 0.248 e. The number of hydrogen-bond acceptors (Lipinski definition) is 0. The molecule has 1 radical (unpaired) electrons. The molecule has 5 heavy (non-hydrogen) atoms. The zero-order valence-electron chi connectivity index (χ0n) is 2.45. The van der Waals surface area contributed by atoms with Crippen molar-refractivity contribution in [1.82, 2.24) is 0 Å². The highest BCUT2D eigenvalue weighted by molar-refractivity contribution is 7.80. The first kappa shape index (κ1) is 5.21. The molecule has 31 valence electrons. The fourth-order valence-corrected chi connectivity index (χ4v) is 0. The van der Waals surface area contributed by atoms with Gasteiger partial charge in [0, 0.05) is 0 Å². The molecule has 0 unspecified atom stereocenters. The highest BCUT2D eigenvalue weighted by Gasteiger charge is 1.92. The Balaban J connectivity index is 2.54. The third kappa shape index (κ3) is 4.21. The Labute approximate surface area is 34.6 Å². The molecular formula is C2H3F2S. The number of hydrogen-bond donors (Lipinski definition) is 0. The summed E-state index contributed by atoms with van der Waals surface area (Å²) < 4.78 is 21.3. The van der Waals surface area contributed by atoms with Crippen LogP contribution >= 0.6 is 12.6 Å². The topological polar surface area (TPSA) is 0 Å². The summed E-state index contributed by atoms with van der Waals surface area (Å²) in [6, 6.07) is 0. The Hall–Kier alpha value is 0.210. The predicted octanol–water partition coefficient (Wildman–Crippen LogP) is 1.45. The van der Waals surface area contributed by atoms with Crippen molar-refractivity contribution in [3.8, 4) is 0 Å². The zero-order chi connectivity index (χ0) is 4.28. The average Bonchev–Trinajstić information content (AvgIpc) is 1.38. The lowest BCUT2D eigenvalue weighted by Crippen LogP contribution is -1.87. The van der Waals surface area contributed by atoms with E-state index in [1.165, 1.54) is 0 Å². The second-order valence-corrected chi connectivity index (χ2v) is 0.891. The summed E-state index contributed by atoms with van der Waals surface area (Å²) in [4.78, 5) is 0. The smallest absolute Gasteiger partial charge is 0.210 e. The Morgan fingerprint density at radius 3 is 1.80 bits per heavy atom. The highest BCUT2D eigenvalue weighted by Crippen LogP contribution is 1.91. The van der Waals surface area contributed by atoms with Crippen molar-refractivity contribution >= 4 is 12.6 Å². The van der Waals surface area contributed by atoms with Gasteiger partial charge in [0.05, 0.1) is 5.75 Å². The van der Waals surface area contributed by atoms with E-state index in [1.54, 1.807) is 0 Å². The van der Waals surface area contributed by atoms with E-state index in [0.717, 1.165) is 0 Å². The van der Waals surface area contributed by atoms with Crippen molar-refractivity contribution in [3.05, 3.63) is 0 Å². The molecule has 0 saturated heterocycles. The van der Waals surface area contributed by atoms with Gasteiger partial charge in [-0.1, -0.05) is 12.6 Å². The quantitative estimate of drug-likeness (QED) is 0.464. The molecule has 0 heterocycles. The van der Waals surface area contributed by atoms with E-state index < -0.39 is 12.2 Å². The standard InChI is InChI=1S/C2H3F2S/c3-2(4)1-5/h2H,1H2. The molecule has 0 rings (SSSR count). The molecule has 0 aromatic rings. The Morgan fingerprint density at radius 2 is 1.80 bits per heavy atom. The van der Waals surface area contributed by atoms with Crippen LogP contribution in [-0.4, -0.2) is 12.2 Å². The summed E-state index contributed by atoms with van der Waals surface area (Å²) in [5.74, 6) is -0.444. The summed E-state index contributed by atoms with van der Waals surface area (Å²) in [5, 5.41) is 0. The third-order valence-electron chi connectivity index (χ3n) is 0.126. The van der Waals surface area contributed by atoms with Crippen molar-refractivity contribution in [2.24, 2.45) is 0 Å². The maximum atomic E-state index is 10.7. The van der Waals surface area contributed by atoms with Crippen molar-refractivity contribution in [2.45, 2.75) is 6.43 Å². The van der Waals surface area contributed by atoms with E-state index in [4.69, 9.17) is 0 Å². The molecule has 0 fully saturated rings. The minimum Gasteiger partial charge on any atom is -0.210 e. The fraction of sp³-hybridized carbons (Fsp3) is 1.00. The summed E-state index contributed by atoms with van der Waals surface area (Å²) in [7, 11) is 0. The molecule has 0 N–H and O–H groups in total. The Morgan fingerprint density at radius 1 is 1.60 bits per heavy atom. The lowest BCUT2D eigenvalue weighted by molar-refractivity contribution is 0.177. The molecule has 0 aliphatic carbocycles. The van der Waals surface area contributed by atoms with Crippen molar-refractivity contribution in [1.29, 1.82) is 0 Å². The monoisotopic (exact) mass is 97.0 g/mol. The maximum absolute atomic E-state index is 10.7. The van der Waals surface area contributed by atoms with Crippen LogP contribution in [0.4, 0.5) is 8.78 Å². The summed E-state index contributed by atoms with van der Waals surface area (Å²) in [5.41, 5.74) is 0. The van der Waals surface area contributed by atoms with Crippen LogP contribution in [0.2, 0.25) is 0 Å². The molecule has 0 atom stereocenters. The highest BCUT2D eigenvalue weighted by atomic mass is 32.1. The molecule has 0 saturated carbocycles. The van der Waals surface area contributed by atoms with Crippen molar-refractivity contribution in [2.75, 3.05) is 5.75 Å². The van der Waals surface area contributed by atoms with Crippen LogP contribution in [0, 0.1) is 0 Å². The van der Waals surface area contributed by atoms with Gasteiger partial charge in [0.1, 0.15) is 0 Å². The van der Waals surface area contributed by atoms with Crippen LogP contribution in [0.1, 0.15) is 0 Å². The van der Waals surface area contributed by atoms with Gasteiger partial charge in [-0.05, 0) is 0 Å². The molecule has 0 aromatic heterocycles. The van der Waals surface area contributed by atoms with Crippen molar-refractivity contribution < 1.29 is 8.78 Å². The van der Waals surface area contributed by atoms with Gasteiger partial charge in [-0.3, -0.25) is 0 Å². The molecule has 0 amide bonds. The van der Waals surface area contributed by atoms with E-state index in [-0.39, 0.29) is 0 Å². The normalized spacial score (nSPS) is 9.60. The van der Waals surface area contributed by atoms with E-state index in [0.29, 0.717) is 0 Å². The van der Waals surface area contributed by atoms with E-state index >= 15 is 0 Å². The lowest BCUT2D eigenvalue weighted by atomic mass is 10.9. The second-order valence-electron chi connectivity index (χ2n) is 0.558. The van der Waals surface area contributed by atoms with Gasteiger partial charge >= 0.3 is 0 Å². The van der Waals surface area contributed by atoms with Gasteiger partial charge in [-0.25, -0.2) is 8.78 Å². The fourth-order valence-electron chi connectivity index (χ4n) is 0. The van der Waals surface area contributed by atoms with E-state index in [1.807, 2.05) is 0 Å². The van der Waals surface area contributed by atoms with Gasteiger partial charge in [-0.2, -0.15) is 0 Å².